The molecule has 0 aliphatic rings. The number of carbonyl (C=O) groups is 1. The lowest BCUT2D eigenvalue weighted by Crippen LogP contribution is -2.06. The van der Waals surface area contributed by atoms with E-state index in [1.165, 1.54) is 12.1 Å². The number of benzene rings is 1. The van der Waals surface area contributed by atoms with Crippen LogP contribution in [0.4, 0.5) is 4.39 Å². The summed E-state index contributed by atoms with van der Waals surface area (Å²) >= 11 is 0. The first-order valence-electron chi connectivity index (χ1n) is 7.06. The van der Waals surface area contributed by atoms with Crippen molar-refractivity contribution < 1.29 is 13.9 Å². The highest BCUT2D eigenvalue weighted by Crippen LogP contribution is 2.33. The van der Waals surface area contributed by atoms with Crippen molar-refractivity contribution in [3.8, 4) is 5.75 Å². The Balaban J connectivity index is 2.89. The topological polar surface area (TPSA) is 26.3 Å². The fourth-order valence-electron chi connectivity index (χ4n) is 2.22. The number of carbonyl (C=O) groups excluding carboxylic acids is 1. The molecule has 0 aromatic heterocycles. The smallest absolute Gasteiger partial charge is 0.132 e. The van der Waals surface area contributed by atoms with Gasteiger partial charge in [0, 0.05) is 18.4 Å². The Hall–Kier alpha value is -1.38. The summed E-state index contributed by atoms with van der Waals surface area (Å²) in [4.78, 5) is 11.4. The summed E-state index contributed by atoms with van der Waals surface area (Å²) < 4.78 is 19.0. The highest BCUT2D eigenvalue weighted by molar-refractivity contribution is 5.78. The van der Waals surface area contributed by atoms with Crippen molar-refractivity contribution in [1.29, 1.82) is 0 Å². The van der Waals surface area contributed by atoms with Crippen molar-refractivity contribution in [2.75, 3.05) is 6.61 Å². The minimum absolute atomic E-state index is 0.174. The Labute approximate surface area is 115 Å². The fraction of sp³-hybridized carbons (Fsp3) is 0.562. The molecule has 0 aliphatic heterocycles. The predicted molar refractivity (Wildman–Crippen MR) is 75.1 cm³/mol. The Morgan fingerprint density at radius 3 is 2.63 bits per heavy atom. The van der Waals surface area contributed by atoms with Gasteiger partial charge in [-0.05, 0) is 43.9 Å². The van der Waals surface area contributed by atoms with E-state index in [-0.39, 0.29) is 17.5 Å². The molecule has 0 heterocycles. The number of Topliss-reactive ketones (excluding diaryl/α,β-unsaturated/α-hetero) is 1. The third-order valence-corrected chi connectivity index (χ3v) is 3.37. The molecule has 1 unspecified atom stereocenters. The largest absolute Gasteiger partial charge is 0.494 e. The van der Waals surface area contributed by atoms with Gasteiger partial charge in [0.15, 0.2) is 0 Å². The first-order valence-corrected chi connectivity index (χ1v) is 7.06. The summed E-state index contributed by atoms with van der Waals surface area (Å²) in [5.74, 6) is 0.916. The van der Waals surface area contributed by atoms with Crippen LogP contribution < -0.4 is 4.74 Å². The Morgan fingerprint density at radius 2 is 2.05 bits per heavy atom. The molecule has 0 aliphatic carbocycles. The van der Waals surface area contributed by atoms with Crippen LogP contribution in [0.5, 0.6) is 5.75 Å². The molecule has 0 N–H and O–H groups in total. The normalized spacial score (nSPS) is 12.2. The van der Waals surface area contributed by atoms with E-state index in [9.17, 15) is 9.18 Å². The van der Waals surface area contributed by atoms with E-state index in [1.807, 2.05) is 13.8 Å². The van der Waals surface area contributed by atoms with Gasteiger partial charge in [-0.15, -0.1) is 0 Å². The van der Waals surface area contributed by atoms with Gasteiger partial charge in [0.1, 0.15) is 17.3 Å². The maximum atomic E-state index is 13.4. The van der Waals surface area contributed by atoms with E-state index < -0.39 is 0 Å². The molecule has 1 aromatic carbocycles. The maximum absolute atomic E-state index is 13.4. The molecular formula is C16H23FO2. The minimum atomic E-state index is -0.251. The number of halogens is 1. The summed E-state index contributed by atoms with van der Waals surface area (Å²) in [5, 5.41) is 0. The molecule has 0 bridgehead atoms. The van der Waals surface area contributed by atoms with Crippen LogP contribution in [-0.2, 0) is 4.79 Å². The fourth-order valence-corrected chi connectivity index (χ4v) is 2.22. The molecule has 1 aromatic rings. The molecule has 2 nitrogen and oxygen atoms in total. The quantitative estimate of drug-likeness (QED) is 0.693. The molecule has 0 radical (unpaired) electrons. The van der Waals surface area contributed by atoms with Gasteiger partial charge in [0.2, 0.25) is 0 Å². The van der Waals surface area contributed by atoms with Crippen LogP contribution in [0.2, 0.25) is 0 Å². The van der Waals surface area contributed by atoms with Crippen molar-refractivity contribution in [2.24, 2.45) is 0 Å². The molecule has 0 spiro atoms. The number of hydrogen-bond donors (Lipinski definition) is 0. The second kappa shape index (κ2) is 7.93. The zero-order chi connectivity index (χ0) is 14.3. The van der Waals surface area contributed by atoms with Crippen molar-refractivity contribution in [2.45, 2.75) is 52.4 Å². The summed E-state index contributed by atoms with van der Waals surface area (Å²) in [6, 6.07) is 4.63. The second-order valence-corrected chi connectivity index (χ2v) is 4.65. The lowest BCUT2D eigenvalue weighted by Gasteiger charge is -2.19. The highest BCUT2D eigenvalue weighted by atomic mass is 19.1. The predicted octanol–water partition coefficient (Wildman–Crippen LogP) is 4.48. The van der Waals surface area contributed by atoms with E-state index >= 15 is 0 Å². The molecule has 0 amide bonds. The van der Waals surface area contributed by atoms with Crippen LogP contribution in [0.25, 0.3) is 0 Å². The minimum Gasteiger partial charge on any atom is -0.494 e. The molecule has 0 fully saturated rings. The SMILES string of the molecule is CCOc1ccc(F)cc1C(CC)CCC(=O)CC. The van der Waals surface area contributed by atoms with Gasteiger partial charge in [-0.1, -0.05) is 13.8 Å². The van der Waals surface area contributed by atoms with Crippen LogP contribution in [-0.4, -0.2) is 12.4 Å². The molecule has 1 atom stereocenters. The highest BCUT2D eigenvalue weighted by Gasteiger charge is 2.16. The third kappa shape index (κ3) is 4.66. The third-order valence-electron chi connectivity index (χ3n) is 3.37. The molecule has 19 heavy (non-hydrogen) atoms. The Morgan fingerprint density at radius 1 is 1.32 bits per heavy atom. The van der Waals surface area contributed by atoms with E-state index in [0.717, 1.165) is 24.2 Å². The second-order valence-electron chi connectivity index (χ2n) is 4.65. The van der Waals surface area contributed by atoms with Crippen LogP contribution in [0, 0.1) is 5.82 Å². The summed E-state index contributed by atoms with van der Waals surface area (Å²) in [6.45, 7) is 6.40. The molecule has 1 rings (SSSR count). The zero-order valence-electron chi connectivity index (χ0n) is 12.0. The van der Waals surface area contributed by atoms with Gasteiger partial charge in [0.25, 0.3) is 0 Å². The van der Waals surface area contributed by atoms with E-state index in [2.05, 4.69) is 6.92 Å². The summed E-state index contributed by atoms with van der Waals surface area (Å²) in [6.07, 6.45) is 2.75. The number of ketones is 1. The summed E-state index contributed by atoms with van der Waals surface area (Å²) in [5.41, 5.74) is 0.883. The molecule has 0 saturated carbocycles. The van der Waals surface area contributed by atoms with Crippen molar-refractivity contribution in [3.05, 3.63) is 29.6 Å². The van der Waals surface area contributed by atoms with E-state index in [0.29, 0.717) is 19.4 Å². The van der Waals surface area contributed by atoms with Crippen LogP contribution in [0.3, 0.4) is 0 Å². The number of rotatable bonds is 8. The van der Waals surface area contributed by atoms with Crippen LogP contribution in [0.15, 0.2) is 18.2 Å². The standard InChI is InChI=1S/C16H23FO2/c1-4-12(7-9-14(18)5-2)15-11-13(17)8-10-16(15)19-6-3/h8,10-12H,4-7,9H2,1-3H3. The van der Waals surface area contributed by atoms with Gasteiger partial charge in [-0.25, -0.2) is 4.39 Å². The molecule has 0 saturated heterocycles. The first kappa shape index (κ1) is 15.7. The average molecular weight is 266 g/mol. The zero-order valence-corrected chi connectivity index (χ0v) is 12.0. The lowest BCUT2D eigenvalue weighted by molar-refractivity contribution is -0.118. The van der Waals surface area contributed by atoms with Gasteiger partial charge in [0.05, 0.1) is 6.61 Å². The van der Waals surface area contributed by atoms with E-state index in [4.69, 9.17) is 4.74 Å². The van der Waals surface area contributed by atoms with Crippen LogP contribution in [0.1, 0.15) is 57.9 Å². The number of ether oxygens (including phenoxy) is 1. The lowest BCUT2D eigenvalue weighted by atomic mass is 9.90. The average Bonchev–Trinajstić information content (AvgIpc) is 2.42. The first-order chi connectivity index (χ1) is 9.12. The molecular weight excluding hydrogens is 243 g/mol. The van der Waals surface area contributed by atoms with Gasteiger partial charge < -0.3 is 4.74 Å². The van der Waals surface area contributed by atoms with Crippen molar-refractivity contribution in [3.63, 3.8) is 0 Å². The Kier molecular flexibility index (Phi) is 6.54. The van der Waals surface area contributed by atoms with E-state index in [1.54, 1.807) is 6.07 Å². The maximum Gasteiger partial charge on any atom is 0.132 e. The van der Waals surface area contributed by atoms with Crippen molar-refractivity contribution >= 4 is 5.78 Å². The van der Waals surface area contributed by atoms with Gasteiger partial charge in [-0.3, -0.25) is 4.79 Å². The van der Waals surface area contributed by atoms with Gasteiger partial charge >= 0.3 is 0 Å². The number of hydrogen-bond acceptors (Lipinski definition) is 2. The molecule has 106 valence electrons. The van der Waals surface area contributed by atoms with Gasteiger partial charge in [-0.2, -0.15) is 0 Å². The van der Waals surface area contributed by atoms with Crippen molar-refractivity contribution in [1.82, 2.24) is 0 Å². The summed E-state index contributed by atoms with van der Waals surface area (Å²) in [7, 11) is 0. The molecule has 3 heteroatoms. The monoisotopic (exact) mass is 266 g/mol. The Bertz CT molecular complexity index is 415. The van der Waals surface area contributed by atoms with Crippen LogP contribution >= 0.6 is 0 Å².